The lowest BCUT2D eigenvalue weighted by Crippen LogP contribution is -2.46. The van der Waals surface area contributed by atoms with Gasteiger partial charge in [0.05, 0.1) is 30.6 Å². The minimum absolute atomic E-state index is 0.0235. The summed E-state index contributed by atoms with van der Waals surface area (Å²) in [4.78, 5) is 34.1. The molecule has 0 radical (unpaired) electrons. The van der Waals surface area contributed by atoms with Crippen LogP contribution < -0.4 is 19.7 Å². The Balaban J connectivity index is 1.01. The molecule has 2 N–H and O–H groups in total. The van der Waals surface area contributed by atoms with Crippen molar-refractivity contribution in [1.82, 2.24) is 14.6 Å². The first-order valence-electron chi connectivity index (χ1n) is 19.7. The number of fused-ring (bicyclic) bond motifs is 1. The van der Waals surface area contributed by atoms with Gasteiger partial charge in [-0.3, -0.25) is 19.8 Å². The number of aromatic nitrogens is 1. The Morgan fingerprint density at radius 2 is 1.73 bits per heavy atom. The monoisotopic (exact) mass is 866 g/mol. The summed E-state index contributed by atoms with van der Waals surface area (Å²) in [5.74, 6) is -0.0710. The summed E-state index contributed by atoms with van der Waals surface area (Å²) in [6, 6.07) is 30.3. The van der Waals surface area contributed by atoms with Crippen molar-refractivity contribution >= 4 is 66.1 Å². The van der Waals surface area contributed by atoms with E-state index in [1.807, 2.05) is 49.4 Å². The molecule has 0 unspecified atom stereocenters. The molecule has 2 aliphatic heterocycles. The Bertz CT molecular complexity index is 2640. The van der Waals surface area contributed by atoms with Gasteiger partial charge in [0, 0.05) is 81.4 Å². The smallest absolute Gasteiger partial charge is 0.293 e. The van der Waals surface area contributed by atoms with Gasteiger partial charge in [-0.1, -0.05) is 48.0 Å². The summed E-state index contributed by atoms with van der Waals surface area (Å²) in [7, 11) is -4.55. The minimum Gasteiger partial charge on any atom is -0.456 e. The Hall–Kier alpha value is -5.58. The molecule has 16 heteroatoms. The van der Waals surface area contributed by atoms with Crippen molar-refractivity contribution in [1.29, 1.82) is 0 Å². The first-order valence-corrected chi connectivity index (χ1v) is 22.3. The lowest BCUT2D eigenvalue weighted by atomic mass is 9.99. The van der Waals surface area contributed by atoms with Crippen LogP contribution in [0.2, 0.25) is 5.02 Å². The van der Waals surface area contributed by atoms with E-state index in [9.17, 15) is 23.3 Å². The molecule has 60 heavy (non-hydrogen) atoms. The van der Waals surface area contributed by atoms with E-state index in [4.69, 9.17) is 21.1 Å². The number of hydrogen-bond donors (Lipinski definition) is 2. The van der Waals surface area contributed by atoms with Gasteiger partial charge in [-0.25, -0.2) is 18.1 Å². The molecule has 0 bridgehead atoms. The van der Waals surface area contributed by atoms with Crippen molar-refractivity contribution in [3.63, 3.8) is 0 Å². The number of thiazole rings is 1. The number of rotatable bonds is 13. The number of nitro benzene ring substituents is 1. The van der Waals surface area contributed by atoms with Gasteiger partial charge in [0.1, 0.15) is 17.2 Å². The van der Waals surface area contributed by atoms with Crippen LogP contribution in [-0.2, 0) is 21.3 Å². The number of piperazine rings is 1. The maximum Gasteiger partial charge on any atom is 0.293 e. The number of nitro groups is 1. The highest BCUT2D eigenvalue weighted by Crippen LogP contribution is 2.35. The highest BCUT2D eigenvalue weighted by atomic mass is 35.5. The predicted octanol–water partition coefficient (Wildman–Crippen LogP) is 8.91. The minimum atomic E-state index is -4.55. The van der Waals surface area contributed by atoms with Crippen molar-refractivity contribution in [2.24, 2.45) is 5.92 Å². The third kappa shape index (κ3) is 9.56. The van der Waals surface area contributed by atoms with Crippen LogP contribution in [-0.4, -0.2) is 75.1 Å². The van der Waals surface area contributed by atoms with E-state index in [-0.39, 0.29) is 22.9 Å². The van der Waals surface area contributed by atoms with Crippen molar-refractivity contribution in [3.05, 3.63) is 134 Å². The molecule has 3 heterocycles. The molecule has 2 aliphatic rings. The van der Waals surface area contributed by atoms with Crippen LogP contribution in [0.5, 0.6) is 11.5 Å². The molecule has 0 aliphatic carbocycles. The van der Waals surface area contributed by atoms with E-state index in [1.54, 1.807) is 24.3 Å². The largest absolute Gasteiger partial charge is 0.456 e. The number of sulfonamides is 1. The zero-order valence-corrected chi connectivity index (χ0v) is 35.2. The second kappa shape index (κ2) is 18.0. The third-order valence-corrected chi connectivity index (χ3v) is 13.3. The molecule has 2 fully saturated rings. The summed E-state index contributed by atoms with van der Waals surface area (Å²) in [6.07, 6.45) is 1.65. The Morgan fingerprint density at radius 3 is 2.50 bits per heavy atom. The predicted molar refractivity (Wildman–Crippen MR) is 235 cm³/mol. The van der Waals surface area contributed by atoms with Crippen LogP contribution >= 0.6 is 22.9 Å². The standard InChI is InChI=1S/C44H43ClN6O7S2/c1-29-47-40-14-11-35(25-43(40)59-29)58-42-24-34(50-20-18-49(19-21-50)28-32-4-2-3-5-37(32)31-6-8-33(45)9-7-31)10-13-38(42)44(52)48-60(55,56)36-12-15-39(41(26-36)51(53)54)46-27-30-16-22-57-23-17-30/h2-15,24-26,30,46H,16-23,27-28H2,1H3,(H,48,52). The first kappa shape index (κ1) is 41.2. The fraction of sp³-hybridized carbons (Fsp3) is 0.273. The molecule has 6 aromatic rings. The summed E-state index contributed by atoms with van der Waals surface area (Å²) < 4.78 is 42.1. The third-order valence-electron chi connectivity index (χ3n) is 10.8. The SMILES string of the molecule is Cc1nc2ccc(Oc3cc(N4CCN(Cc5ccccc5-c5ccc(Cl)cc5)CC4)ccc3C(=O)NS(=O)(=O)c3ccc(NCC4CCOCC4)c([N+](=O)[O-])c3)cc2s1. The summed E-state index contributed by atoms with van der Waals surface area (Å²) >= 11 is 7.67. The van der Waals surface area contributed by atoms with E-state index in [0.717, 1.165) is 70.6 Å². The van der Waals surface area contributed by atoms with Crippen LogP contribution in [0.3, 0.4) is 0 Å². The average molecular weight is 867 g/mol. The lowest BCUT2D eigenvalue weighted by Gasteiger charge is -2.36. The van der Waals surface area contributed by atoms with Crippen molar-refractivity contribution in [3.8, 4) is 22.6 Å². The van der Waals surface area contributed by atoms with Crippen LogP contribution in [0.15, 0.2) is 108 Å². The van der Waals surface area contributed by atoms with Gasteiger partial charge in [0.2, 0.25) is 0 Å². The van der Waals surface area contributed by atoms with E-state index >= 15 is 0 Å². The van der Waals surface area contributed by atoms with Crippen LogP contribution in [0.1, 0.15) is 33.8 Å². The summed E-state index contributed by atoms with van der Waals surface area (Å²) in [5, 5.41) is 16.8. The molecule has 0 atom stereocenters. The highest BCUT2D eigenvalue weighted by Gasteiger charge is 2.27. The highest BCUT2D eigenvalue weighted by molar-refractivity contribution is 7.90. The molecule has 8 rings (SSSR count). The molecular formula is C44H43ClN6O7S2. The number of ether oxygens (including phenoxy) is 2. The number of carbonyl (C=O) groups excluding carboxylic acids is 1. The van der Waals surface area contributed by atoms with E-state index in [0.29, 0.717) is 43.6 Å². The van der Waals surface area contributed by atoms with E-state index in [2.05, 4.69) is 43.0 Å². The number of anilines is 2. The van der Waals surface area contributed by atoms with Crippen molar-refractivity contribution in [2.75, 3.05) is 56.2 Å². The molecule has 2 saturated heterocycles. The van der Waals surface area contributed by atoms with Crippen molar-refractivity contribution < 1.29 is 27.6 Å². The molecule has 0 spiro atoms. The van der Waals surface area contributed by atoms with E-state index in [1.165, 1.54) is 29.0 Å². The molecule has 1 amide bonds. The van der Waals surface area contributed by atoms with Crippen LogP contribution in [0, 0.1) is 23.0 Å². The van der Waals surface area contributed by atoms with Gasteiger partial charge in [0.15, 0.2) is 0 Å². The Kier molecular flexibility index (Phi) is 12.3. The fourth-order valence-electron chi connectivity index (χ4n) is 7.58. The number of halogens is 1. The maximum atomic E-state index is 13.9. The van der Waals surface area contributed by atoms with Gasteiger partial charge in [-0.05, 0) is 90.9 Å². The zero-order chi connectivity index (χ0) is 41.8. The fourth-order valence-corrected chi connectivity index (χ4v) is 9.55. The molecule has 13 nitrogen and oxygen atoms in total. The second-order valence-corrected chi connectivity index (χ2v) is 18.2. The number of nitrogens with zero attached hydrogens (tertiary/aromatic N) is 4. The van der Waals surface area contributed by atoms with Crippen LogP contribution in [0.4, 0.5) is 17.1 Å². The van der Waals surface area contributed by atoms with Gasteiger partial charge in [-0.15, -0.1) is 11.3 Å². The quantitative estimate of drug-likeness (QED) is 0.0844. The number of benzene rings is 5. The maximum absolute atomic E-state index is 13.9. The van der Waals surface area contributed by atoms with Gasteiger partial charge < -0.3 is 19.7 Å². The molecule has 0 saturated carbocycles. The average Bonchev–Trinajstić information content (AvgIpc) is 3.63. The molecular weight excluding hydrogens is 824 g/mol. The number of hydrogen-bond acceptors (Lipinski definition) is 12. The Morgan fingerprint density at radius 1 is 0.967 bits per heavy atom. The molecule has 310 valence electrons. The molecule has 5 aromatic carbocycles. The Labute approximate surface area is 357 Å². The van der Waals surface area contributed by atoms with Gasteiger partial charge in [-0.2, -0.15) is 0 Å². The lowest BCUT2D eigenvalue weighted by molar-refractivity contribution is -0.384. The van der Waals surface area contributed by atoms with Gasteiger partial charge in [0.25, 0.3) is 21.6 Å². The van der Waals surface area contributed by atoms with Crippen LogP contribution in [0.25, 0.3) is 21.3 Å². The summed E-state index contributed by atoms with van der Waals surface area (Å²) in [6.45, 7) is 7.39. The number of carbonyl (C=O) groups is 1. The van der Waals surface area contributed by atoms with Gasteiger partial charge >= 0.3 is 0 Å². The number of amides is 1. The van der Waals surface area contributed by atoms with Crippen molar-refractivity contribution in [2.45, 2.75) is 31.2 Å². The topological polar surface area (TPSA) is 156 Å². The molecule has 1 aromatic heterocycles. The summed E-state index contributed by atoms with van der Waals surface area (Å²) in [5.41, 5.74) is 4.87. The normalized spacial score (nSPS) is 15.2. The second-order valence-electron chi connectivity index (χ2n) is 14.9. The first-order chi connectivity index (χ1) is 29.0. The number of aryl methyl sites for hydroxylation is 1. The number of nitrogens with one attached hydrogen (secondary N) is 2. The zero-order valence-electron chi connectivity index (χ0n) is 32.8. The van der Waals surface area contributed by atoms with E-state index < -0.39 is 31.4 Å².